The van der Waals surface area contributed by atoms with Crippen LogP contribution in [-0.4, -0.2) is 32.0 Å². The van der Waals surface area contributed by atoms with Crippen molar-refractivity contribution in [3.63, 3.8) is 0 Å². The molecule has 0 unspecified atom stereocenters. The molecule has 3 aromatic carbocycles. The Bertz CT molecular complexity index is 2070. The number of rotatable bonds is 11. The van der Waals surface area contributed by atoms with E-state index >= 15 is 0 Å². The van der Waals surface area contributed by atoms with Crippen molar-refractivity contribution in [1.29, 1.82) is 0 Å². The Hall–Kier alpha value is -2.42. The third-order valence-corrected chi connectivity index (χ3v) is 15.5. The molecule has 5 rings (SSSR count). The third kappa shape index (κ3) is 10.9. The van der Waals surface area contributed by atoms with Crippen molar-refractivity contribution in [2.24, 2.45) is 17.3 Å². The van der Waals surface area contributed by atoms with Gasteiger partial charge in [0.2, 0.25) is 0 Å². The minimum absolute atomic E-state index is 0. The molecule has 0 aliphatic heterocycles. The summed E-state index contributed by atoms with van der Waals surface area (Å²) < 4.78 is 2.71. The number of pyridine rings is 1. The van der Waals surface area contributed by atoms with Crippen LogP contribution in [0.4, 0.5) is 0 Å². The molecule has 2 heterocycles. The molecule has 5 aromatic rings. The molecule has 0 atom stereocenters. The number of hydrogen-bond acceptors (Lipinski definition) is 4. The van der Waals surface area contributed by atoms with E-state index in [0.717, 1.165) is 43.4 Å². The van der Waals surface area contributed by atoms with Gasteiger partial charge >= 0.3 is 0 Å². The van der Waals surface area contributed by atoms with Crippen LogP contribution in [0.1, 0.15) is 85.3 Å². The van der Waals surface area contributed by atoms with Crippen molar-refractivity contribution >= 4 is 74.6 Å². The topological polar surface area (TPSA) is 50.2 Å². The summed E-state index contributed by atoms with van der Waals surface area (Å²) in [6.07, 6.45) is 8.19. The molecule has 53 heavy (non-hydrogen) atoms. The number of aliphatic hydroxyl groups excluding tert-OH is 1. The average Bonchev–Trinajstić information content (AvgIpc) is 3.42. The minimum atomic E-state index is -1.60. The number of aliphatic hydroxyl groups is 1. The van der Waals surface area contributed by atoms with Crippen LogP contribution in [0.5, 0.6) is 0 Å². The maximum Gasteiger partial charge on any atom is 0.162 e. The second-order valence-corrected chi connectivity index (χ2v) is 29.2. The van der Waals surface area contributed by atoms with E-state index < -0.39 is 16.1 Å². The van der Waals surface area contributed by atoms with Crippen molar-refractivity contribution in [2.45, 2.75) is 127 Å². The van der Waals surface area contributed by atoms with Crippen molar-refractivity contribution in [3.05, 3.63) is 77.7 Å². The fourth-order valence-electron chi connectivity index (χ4n) is 7.23. The van der Waals surface area contributed by atoms with Crippen LogP contribution in [0.15, 0.2) is 60.5 Å². The Labute approximate surface area is 340 Å². The number of aryl methyl sites for hydroxylation is 1. The summed E-state index contributed by atoms with van der Waals surface area (Å²) in [6, 6.07) is 20.2. The van der Waals surface area contributed by atoms with Gasteiger partial charge in [0.15, 0.2) is 5.78 Å². The Morgan fingerprint density at radius 1 is 0.849 bits per heavy atom. The summed E-state index contributed by atoms with van der Waals surface area (Å²) in [5.41, 5.74) is 5.24. The molecule has 1 N–H and O–H groups in total. The van der Waals surface area contributed by atoms with E-state index in [0.29, 0.717) is 0 Å². The van der Waals surface area contributed by atoms with Crippen LogP contribution in [0, 0.1) is 30.2 Å². The quantitative estimate of drug-likeness (QED) is 0.0621. The van der Waals surface area contributed by atoms with Crippen molar-refractivity contribution in [1.82, 2.24) is 4.98 Å². The van der Waals surface area contributed by atoms with E-state index in [9.17, 15) is 9.90 Å². The molecule has 0 fully saturated rings. The van der Waals surface area contributed by atoms with Gasteiger partial charge in [0, 0.05) is 59.3 Å². The van der Waals surface area contributed by atoms with Gasteiger partial charge in [-0.25, -0.2) is 0 Å². The molecule has 3 nitrogen and oxygen atoms in total. The van der Waals surface area contributed by atoms with Gasteiger partial charge in [-0.1, -0.05) is 129 Å². The van der Waals surface area contributed by atoms with E-state index in [1.165, 1.54) is 58.5 Å². The molecule has 2 aromatic heterocycles. The Morgan fingerprint density at radius 3 is 2.00 bits per heavy atom. The predicted molar refractivity (Wildman–Crippen MR) is 237 cm³/mol. The van der Waals surface area contributed by atoms with Crippen LogP contribution in [0.3, 0.4) is 0 Å². The maximum absolute atomic E-state index is 11.7. The molecule has 0 saturated heterocycles. The molecule has 0 aliphatic rings. The largest absolute Gasteiger partial charge is 0.512 e. The molecule has 0 saturated carbocycles. The van der Waals surface area contributed by atoms with E-state index in [-0.39, 0.29) is 48.9 Å². The number of hydrogen-bond donors (Lipinski definition) is 1. The first-order chi connectivity index (χ1) is 24.2. The van der Waals surface area contributed by atoms with Gasteiger partial charge in [-0.2, -0.15) is 0 Å². The van der Waals surface area contributed by atoms with Crippen LogP contribution in [0.2, 0.25) is 39.3 Å². The molecule has 0 bridgehead atoms. The Kier molecular flexibility index (Phi) is 15.3. The van der Waals surface area contributed by atoms with Crippen molar-refractivity contribution < 1.29 is 30.0 Å². The smallest absolute Gasteiger partial charge is 0.162 e. The van der Waals surface area contributed by atoms with E-state index in [1.807, 2.05) is 39.0 Å². The number of benzene rings is 3. The van der Waals surface area contributed by atoms with Crippen molar-refractivity contribution in [3.8, 4) is 11.3 Å². The monoisotopic (exact) mass is 943 g/mol. The van der Waals surface area contributed by atoms with Gasteiger partial charge in [-0.15, -0.1) is 40.1 Å². The summed E-state index contributed by atoms with van der Waals surface area (Å²) >= 11 is 1.93. The van der Waals surface area contributed by atoms with Crippen LogP contribution < -0.4 is 10.4 Å². The predicted octanol–water partition coefficient (Wildman–Crippen LogP) is 12.9. The van der Waals surface area contributed by atoms with Gasteiger partial charge in [0.05, 0.1) is 21.9 Å². The summed E-state index contributed by atoms with van der Waals surface area (Å²) in [5, 5.41) is 18.1. The first kappa shape index (κ1) is 45.0. The third-order valence-electron chi connectivity index (χ3n) is 10.3. The van der Waals surface area contributed by atoms with Crippen LogP contribution in [-0.2, 0) is 31.3 Å². The molecular formula is C46H64IrNO2SSi2-. The fourth-order valence-corrected chi connectivity index (χ4v) is 11.7. The van der Waals surface area contributed by atoms with Crippen LogP contribution >= 0.6 is 11.3 Å². The van der Waals surface area contributed by atoms with Crippen LogP contribution in [0.25, 0.3) is 42.2 Å². The van der Waals surface area contributed by atoms with Gasteiger partial charge < -0.3 is 5.11 Å². The second-order valence-electron chi connectivity index (χ2n) is 18.0. The molecule has 0 aliphatic carbocycles. The zero-order valence-corrected chi connectivity index (χ0v) is 40.1. The molecule has 289 valence electrons. The number of fused-ring (bicyclic) bond motifs is 4. The fraction of sp³-hybridized carbons (Fsp3) is 0.478. The van der Waals surface area contributed by atoms with Gasteiger partial charge in [-0.3, -0.25) is 9.78 Å². The average molecular weight is 943 g/mol. The zero-order valence-electron chi connectivity index (χ0n) is 34.9. The number of nitrogens with zero attached hydrogens (tertiary/aromatic N) is 1. The Balaban J connectivity index is 0.000000403. The summed E-state index contributed by atoms with van der Waals surface area (Å²) in [4.78, 5) is 16.9. The zero-order chi connectivity index (χ0) is 38.8. The number of ketones is 1. The van der Waals surface area contributed by atoms with Crippen molar-refractivity contribution in [2.75, 3.05) is 0 Å². The second kappa shape index (κ2) is 18.0. The van der Waals surface area contributed by atoms with Gasteiger partial charge in [0.1, 0.15) is 0 Å². The number of allylic oxidation sites excluding steroid dienone is 2. The van der Waals surface area contributed by atoms with E-state index in [4.69, 9.17) is 4.98 Å². The first-order valence-electron chi connectivity index (χ1n) is 19.5. The van der Waals surface area contributed by atoms with E-state index in [2.05, 4.69) is 122 Å². The molecule has 0 spiro atoms. The minimum Gasteiger partial charge on any atom is -0.512 e. The Morgan fingerprint density at radius 2 is 1.45 bits per heavy atom. The van der Waals surface area contributed by atoms with Gasteiger partial charge in [0.25, 0.3) is 0 Å². The normalized spacial score (nSPS) is 12.8. The molecule has 0 amide bonds. The number of carbonyl (C=O) groups excluding carboxylic acids is 1. The summed E-state index contributed by atoms with van der Waals surface area (Å²) in [7, 11) is -3.20. The standard InChI is InChI=1S/C33H40NSSi2.C13H24O2.Ir/c1-21-11-13-23-17-24(18-28(26(23)15-21)36(5,6)7)31-32-30(29(20-34-31)37(8,9)10)25-14-12-22(16-27(25)35-32)19-33(2,3)4;1-5-10(6-2)12(14)9-13(15)11(7-3)8-4;/h11-16,18,20H,19H2,1-10H3;9-11,14H,5-8H2,1-4H3;/q-1;;/b;12-9-;. The number of aromatic nitrogens is 1. The van der Waals surface area contributed by atoms with E-state index in [1.54, 1.807) is 0 Å². The maximum atomic E-state index is 11.7. The first-order valence-corrected chi connectivity index (χ1v) is 27.3. The number of thiophene rings is 1. The number of carbonyl (C=O) groups is 1. The molecule has 7 heteroatoms. The SMILES string of the molecule is CCC(CC)C(=O)/C=C(\O)C(CC)CC.Cc1ccc2[c-]c(-c3ncc([Si](C)(C)C)c4c3sc3cc(CC(C)(C)C)ccc34)cc([Si](C)(C)C)c2c1.[Ir]. The van der Waals surface area contributed by atoms with Gasteiger partial charge in [-0.05, 0) is 72.0 Å². The summed E-state index contributed by atoms with van der Waals surface area (Å²) in [5.74, 6) is 0.547. The molecule has 1 radical (unpaired) electrons. The molecular weight excluding hydrogens is 879 g/mol. The summed E-state index contributed by atoms with van der Waals surface area (Å²) in [6.45, 7) is 31.9.